The predicted octanol–water partition coefficient (Wildman–Crippen LogP) is 3.04. The van der Waals surface area contributed by atoms with Gasteiger partial charge in [0.15, 0.2) is 0 Å². The van der Waals surface area contributed by atoms with Gasteiger partial charge in [0.1, 0.15) is 5.54 Å². The van der Waals surface area contributed by atoms with Crippen molar-refractivity contribution >= 4 is 17.6 Å². The van der Waals surface area contributed by atoms with Crippen molar-refractivity contribution < 1.29 is 9.90 Å². The average Bonchev–Trinajstić information content (AvgIpc) is 2.85. The van der Waals surface area contributed by atoms with Crippen LogP contribution >= 0.6 is 11.6 Å². The fourth-order valence-electron chi connectivity index (χ4n) is 2.91. The highest BCUT2D eigenvalue weighted by atomic mass is 35.5. The Morgan fingerprint density at radius 2 is 2.35 bits per heavy atom. The second-order valence-corrected chi connectivity index (χ2v) is 5.54. The standard InChI is InChI=1S/C15H17ClN2O2/c1-2-15(14(19)20)6-3-7-18(15)10-12-5-4-11(9-17)8-13(12)16/h4-5,8H,2-3,6-7,10H2,1H3,(H,19,20). The molecule has 1 unspecified atom stereocenters. The van der Waals surface area contributed by atoms with Gasteiger partial charge in [0.05, 0.1) is 11.6 Å². The number of carboxylic acids is 1. The van der Waals surface area contributed by atoms with Crippen LogP contribution in [-0.2, 0) is 11.3 Å². The van der Waals surface area contributed by atoms with Gasteiger partial charge in [-0.15, -0.1) is 0 Å². The molecule has 106 valence electrons. The van der Waals surface area contributed by atoms with Crippen LogP contribution in [0.1, 0.15) is 37.3 Å². The summed E-state index contributed by atoms with van der Waals surface area (Å²) in [6.07, 6.45) is 2.14. The number of hydrogen-bond acceptors (Lipinski definition) is 3. The highest BCUT2D eigenvalue weighted by molar-refractivity contribution is 6.31. The van der Waals surface area contributed by atoms with Gasteiger partial charge in [0.2, 0.25) is 0 Å². The Morgan fingerprint density at radius 1 is 1.60 bits per heavy atom. The third-order valence-corrected chi connectivity index (χ3v) is 4.50. The number of nitriles is 1. The van der Waals surface area contributed by atoms with Crippen LogP contribution in [0.2, 0.25) is 5.02 Å². The Morgan fingerprint density at radius 3 is 2.90 bits per heavy atom. The molecule has 1 N–H and O–H groups in total. The van der Waals surface area contributed by atoms with Crippen LogP contribution in [0.15, 0.2) is 18.2 Å². The molecule has 5 heteroatoms. The lowest BCUT2D eigenvalue weighted by Gasteiger charge is -2.34. The molecule has 20 heavy (non-hydrogen) atoms. The molecule has 1 heterocycles. The van der Waals surface area contributed by atoms with Gasteiger partial charge in [-0.3, -0.25) is 9.69 Å². The van der Waals surface area contributed by atoms with Gasteiger partial charge in [-0.1, -0.05) is 24.6 Å². The lowest BCUT2D eigenvalue weighted by molar-refractivity contribution is -0.150. The second-order valence-electron chi connectivity index (χ2n) is 5.13. The van der Waals surface area contributed by atoms with Crippen molar-refractivity contribution in [3.63, 3.8) is 0 Å². The van der Waals surface area contributed by atoms with Gasteiger partial charge in [-0.05, 0) is 43.5 Å². The maximum Gasteiger partial charge on any atom is 0.324 e. The lowest BCUT2D eigenvalue weighted by Crippen LogP contribution is -2.49. The predicted molar refractivity (Wildman–Crippen MR) is 76.5 cm³/mol. The van der Waals surface area contributed by atoms with Crippen molar-refractivity contribution in [2.75, 3.05) is 6.54 Å². The minimum Gasteiger partial charge on any atom is -0.480 e. The molecule has 1 fully saturated rings. The molecule has 4 nitrogen and oxygen atoms in total. The zero-order valence-corrected chi connectivity index (χ0v) is 12.2. The molecule has 0 aliphatic carbocycles. The molecule has 0 saturated carbocycles. The maximum absolute atomic E-state index is 11.6. The van der Waals surface area contributed by atoms with Crippen LogP contribution in [0, 0.1) is 11.3 Å². The summed E-state index contributed by atoms with van der Waals surface area (Å²) in [5, 5.41) is 18.9. The van der Waals surface area contributed by atoms with Crippen LogP contribution in [-0.4, -0.2) is 28.1 Å². The molecule has 0 amide bonds. The van der Waals surface area contributed by atoms with Crippen molar-refractivity contribution in [3.8, 4) is 6.07 Å². The summed E-state index contributed by atoms with van der Waals surface area (Å²) in [6.45, 7) is 3.17. The molecule has 0 aromatic heterocycles. The van der Waals surface area contributed by atoms with E-state index in [9.17, 15) is 9.90 Å². The molecule has 0 spiro atoms. The van der Waals surface area contributed by atoms with E-state index in [1.54, 1.807) is 12.1 Å². The number of benzene rings is 1. The van der Waals surface area contributed by atoms with Crippen molar-refractivity contribution in [2.24, 2.45) is 0 Å². The number of carbonyl (C=O) groups is 1. The van der Waals surface area contributed by atoms with Gasteiger partial charge in [0, 0.05) is 11.6 Å². The van der Waals surface area contributed by atoms with Crippen LogP contribution in [0.3, 0.4) is 0 Å². The number of carboxylic acid groups (broad SMARTS) is 1. The number of hydrogen-bond donors (Lipinski definition) is 1. The van der Waals surface area contributed by atoms with Gasteiger partial charge in [-0.2, -0.15) is 5.26 Å². The molecule has 1 atom stereocenters. The first-order chi connectivity index (χ1) is 9.53. The van der Waals surface area contributed by atoms with E-state index in [4.69, 9.17) is 16.9 Å². The van der Waals surface area contributed by atoms with Crippen LogP contribution in [0.4, 0.5) is 0 Å². The summed E-state index contributed by atoms with van der Waals surface area (Å²) in [5.74, 6) is -0.762. The fraction of sp³-hybridized carbons (Fsp3) is 0.467. The quantitative estimate of drug-likeness (QED) is 0.926. The summed E-state index contributed by atoms with van der Waals surface area (Å²) in [4.78, 5) is 13.6. The number of aliphatic carboxylic acids is 1. The van der Waals surface area contributed by atoms with E-state index in [1.807, 2.05) is 24.0 Å². The zero-order valence-electron chi connectivity index (χ0n) is 11.4. The van der Waals surface area contributed by atoms with Crippen molar-refractivity contribution in [1.29, 1.82) is 5.26 Å². The topological polar surface area (TPSA) is 64.3 Å². The van der Waals surface area contributed by atoms with Crippen LogP contribution in [0.25, 0.3) is 0 Å². The van der Waals surface area contributed by atoms with Crippen LogP contribution < -0.4 is 0 Å². The van der Waals surface area contributed by atoms with Crippen molar-refractivity contribution in [1.82, 2.24) is 4.90 Å². The number of halogens is 1. The number of rotatable bonds is 4. The largest absolute Gasteiger partial charge is 0.480 e. The second kappa shape index (κ2) is 5.82. The summed E-state index contributed by atoms with van der Waals surface area (Å²) in [5.41, 5.74) is 0.601. The molecular formula is C15H17ClN2O2. The highest BCUT2D eigenvalue weighted by Gasteiger charge is 2.45. The lowest BCUT2D eigenvalue weighted by atomic mass is 9.92. The van der Waals surface area contributed by atoms with Crippen molar-refractivity contribution in [2.45, 2.75) is 38.3 Å². The molecule has 1 aliphatic rings. The van der Waals surface area contributed by atoms with E-state index in [-0.39, 0.29) is 0 Å². The molecule has 0 bridgehead atoms. The molecule has 2 rings (SSSR count). The van der Waals surface area contributed by atoms with E-state index >= 15 is 0 Å². The average molecular weight is 293 g/mol. The Balaban J connectivity index is 2.25. The third kappa shape index (κ3) is 2.52. The van der Waals surface area contributed by atoms with Crippen LogP contribution in [0.5, 0.6) is 0 Å². The Labute approximate surface area is 123 Å². The molecule has 1 aromatic rings. The highest BCUT2D eigenvalue weighted by Crippen LogP contribution is 2.35. The van der Waals surface area contributed by atoms with E-state index in [1.165, 1.54) is 0 Å². The maximum atomic E-state index is 11.6. The van der Waals surface area contributed by atoms with Gasteiger partial charge in [0.25, 0.3) is 0 Å². The first-order valence-electron chi connectivity index (χ1n) is 6.70. The third-order valence-electron chi connectivity index (χ3n) is 4.15. The zero-order chi connectivity index (χ0) is 14.8. The molecule has 1 aromatic carbocycles. The number of nitrogens with zero attached hydrogens (tertiary/aromatic N) is 2. The van der Waals surface area contributed by atoms with Gasteiger partial charge < -0.3 is 5.11 Å². The minimum atomic E-state index is -0.781. The summed E-state index contributed by atoms with van der Waals surface area (Å²) in [7, 11) is 0. The summed E-state index contributed by atoms with van der Waals surface area (Å²) < 4.78 is 0. The monoisotopic (exact) mass is 292 g/mol. The summed E-state index contributed by atoms with van der Waals surface area (Å²) in [6, 6.07) is 7.19. The van der Waals surface area contributed by atoms with Gasteiger partial charge in [-0.25, -0.2) is 0 Å². The Hall–Kier alpha value is -1.57. The fourth-order valence-corrected chi connectivity index (χ4v) is 3.15. The molecule has 1 saturated heterocycles. The van der Waals surface area contributed by atoms with E-state index in [0.29, 0.717) is 30.0 Å². The van der Waals surface area contributed by atoms with E-state index < -0.39 is 11.5 Å². The molecule has 0 radical (unpaired) electrons. The normalized spacial score (nSPS) is 22.6. The molecule has 1 aliphatic heterocycles. The Bertz CT molecular complexity index is 567. The van der Waals surface area contributed by atoms with Crippen molar-refractivity contribution in [3.05, 3.63) is 34.3 Å². The SMILES string of the molecule is CCC1(C(=O)O)CCCN1Cc1ccc(C#N)cc1Cl. The smallest absolute Gasteiger partial charge is 0.324 e. The Kier molecular flexibility index (Phi) is 4.32. The number of likely N-dealkylation sites (tertiary alicyclic amines) is 1. The minimum absolute atomic E-state index is 0.505. The first kappa shape index (κ1) is 14.8. The first-order valence-corrected chi connectivity index (χ1v) is 7.08. The van der Waals surface area contributed by atoms with E-state index in [2.05, 4.69) is 0 Å². The molecular weight excluding hydrogens is 276 g/mol. The van der Waals surface area contributed by atoms with E-state index in [0.717, 1.165) is 18.5 Å². The summed E-state index contributed by atoms with van der Waals surface area (Å²) >= 11 is 6.18. The van der Waals surface area contributed by atoms with Gasteiger partial charge >= 0.3 is 5.97 Å².